The molecule has 136 valence electrons. The Balaban J connectivity index is 1.36. The molecule has 0 bridgehead atoms. The zero-order chi connectivity index (χ0) is 17.4. The van der Waals surface area contributed by atoms with Gasteiger partial charge in [-0.2, -0.15) is 0 Å². The maximum absolute atomic E-state index is 13.0. The van der Waals surface area contributed by atoms with Crippen LogP contribution in [0.3, 0.4) is 0 Å². The van der Waals surface area contributed by atoms with Gasteiger partial charge in [-0.1, -0.05) is 12.1 Å². The number of ether oxygens (including phenoxy) is 1. The number of carbonyl (C=O) groups is 1. The maximum atomic E-state index is 13.0. The van der Waals surface area contributed by atoms with Crippen LogP contribution in [0.15, 0.2) is 18.2 Å². The van der Waals surface area contributed by atoms with Crippen LogP contribution in [0.5, 0.6) is 5.75 Å². The van der Waals surface area contributed by atoms with Crippen molar-refractivity contribution in [2.75, 3.05) is 26.7 Å². The van der Waals surface area contributed by atoms with Crippen LogP contribution in [0.1, 0.15) is 49.7 Å². The van der Waals surface area contributed by atoms with E-state index in [9.17, 15) is 4.79 Å². The Labute approximate surface area is 150 Å². The molecule has 3 aliphatic rings. The Morgan fingerprint density at radius 1 is 1.24 bits per heavy atom. The first-order chi connectivity index (χ1) is 12.1. The van der Waals surface area contributed by atoms with Gasteiger partial charge in [-0.3, -0.25) is 4.79 Å². The van der Waals surface area contributed by atoms with Gasteiger partial charge in [0.05, 0.1) is 12.5 Å². The summed E-state index contributed by atoms with van der Waals surface area (Å²) < 4.78 is 5.45. The topological polar surface area (TPSA) is 41.6 Å². The lowest BCUT2D eigenvalue weighted by Crippen LogP contribution is -2.47. The lowest BCUT2D eigenvalue weighted by molar-refractivity contribution is -0.124. The molecule has 0 radical (unpaired) electrons. The van der Waals surface area contributed by atoms with E-state index < -0.39 is 0 Å². The summed E-state index contributed by atoms with van der Waals surface area (Å²) in [6.45, 7) is 5.57. The normalized spacial score (nSPS) is 23.3. The van der Waals surface area contributed by atoms with Gasteiger partial charge in [0.2, 0.25) is 5.91 Å². The summed E-state index contributed by atoms with van der Waals surface area (Å²) in [5.41, 5.74) is 1.91. The molecule has 0 atom stereocenters. The molecular formula is C21H30N2O2. The average Bonchev–Trinajstić information content (AvgIpc) is 3.52. The smallest absolute Gasteiger partial charge is 0.230 e. The minimum atomic E-state index is -0.313. The number of hydrogen-bond donors (Lipinski definition) is 1. The lowest BCUT2D eigenvalue weighted by Gasteiger charge is -2.33. The summed E-state index contributed by atoms with van der Waals surface area (Å²) in [5, 5.41) is 3.36. The summed E-state index contributed by atoms with van der Waals surface area (Å²) >= 11 is 0. The van der Waals surface area contributed by atoms with Crippen LogP contribution in [0.2, 0.25) is 0 Å². The van der Waals surface area contributed by atoms with Crippen molar-refractivity contribution in [1.29, 1.82) is 0 Å². The molecule has 1 aromatic rings. The minimum absolute atomic E-state index is 0.221. The summed E-state index contributed by atoms with van der Waals surface area (Å²) in [6.07, 6.45) is 6.91. The van der Waals surface area contributed by atoms with Crippen molar-refractivity contribution >= 4 is 5.91 Å². The van der Waals surface area contributed by atoms with E-state index in [1.807, 2.05) is 6.92 Å². The Hall–Kier alpha value is -1.55. The molecule has 1 amide bonds. The molecule has 0 unspecified atom stereocenters. The highest BCUT2D eigenvalue weighted by atomic mass is 16.5. The fourth-order valence-electron chi connectivity index (χ4n) is 4.14. The molecule has 2 aliphatic carbocycles. The van der Waals surface area contributed by atoms with Crippen LogP contribution in [-0.4, -0.2) is 43.6 Å². The standard InChI is InChI=1S/C21H30N2O2/c1-15-3-6-17(13-19(15)25-2)21(9-10-21)20(24)22-18-7-11-23(12-8-18)14-16-4-5-16/h3,6,13,16,18H,4-5,7-12,14H2,1-2H3,(H,22,24). The van der Waals surface area contributed by atoms with Gasteiger partial charge in [0.25, 0.3) is 0 Å². The number of benzene rings is 1. The largest absolute Gasteiger partial charge is 0.496 e. The molecular weight excluding hydrogens is 312 g/mol. The van der Waals surface area contributed by atoms with Crippen LogP contribution >= 0.6 is 0 Å². The van der Waals surface area contributed by atoms with Crippen LogP contribution in [-0.2, 0) is 10.2 Å². The quantitative estimate of drug-likeness (QED) is 0.864. The molecule has 4 heteroatoms. The van der Waals surface area contributed by atoms with E-state index in [0.717, 1.165) is 61.6 Å². The van der Waals surface area contributed by atoms with Crippen molar-refractivity contribution in [2.24, 2.45) is 5.92 Å². The first-order valence-electron chi connectivity index (χ1n) is 9.79. The van der Waals surface area contributed by atoms with Gasteiger partial charge in [0, 0.05) is 25.7 Å². The number of hydrogen-bond acceptors (Lipinski definition) is 3. The second-order valence-corrected chi connectivity index (χ2v) is 8.26. The third-order valence-corrected chi connectivity index (χ3v) is 6.28. The Morgan fingerprint density at radius 3 is 2.56 bits per heavy atom. The van der Waals surface area contributed by atoms with Crippen LogP contribution in [0, 0.1) is 12.8 Å². The minimum Gasteiger partial charge on any atom is -0.496 e. The maximum Gasteiger partial charge on any atom is 0.230 e. The predicted molar refractivity (Wildman–Crippen MR) is 99.0 cm³/mol. The molecule has 1 N–H and O–H groups in total. The van der Waals surface area contributed by atoms with Gasteiger partial charge < -0.3 is 15.0 Å². The molecule has 1 aliphatic heterocycles. The van der Waals surface area contributed by atoms with E-state index in [4.69, 9.17) is 4.74 Å². The molecule has 4 nitrogen and oxygen atoms in total. The predicted octanol–water partition coefficient (Wildman–Crippen LogP) is 3.03. The van der Waals surface area contributed by atoms with Crippen molar-refractivity contribution in [2.45, 2.75) is 56.9 Å². The van der Waals surface area contributed by atoms with Gasteiger partial charge in [0.1, 0.15) is 5.75 Å². The van der Waals surface area contributed by atoms with Gasteiger partial charge in [0.15, 0.2) is 0 Å². The fraction of sp³-hybridized carbons (Fsp3) is 0.667. The number of likely N-dealkylation sites (tertiary alicyclic amines) is 1. The third-order valence-electron chi connectivity index (χ3n) is 6.28. The highest BCUT2D eigenvalue weighted by Crippen LogP contribution is 2.49. The summed E-state index contributed by atoms with van der Waals surface area (Å²) in [7, 11) is 1.70. The molecule has 4 rings (SSSR count). The van der Waals surface area contributed by atoms with Crippen molar-refractivity contribution < 1.29 is 9.53 Å². The molecule has 0 spiro atoms. The molecule has 1 heterocycles. The molecule has 1 saturated heterocycles. The van der Waals surface area contributed by atoms with E-state index >= 15 is 0 Å². The van der Waals surface area contributed by atoms with Crippen molar-refractivity contribution in [3.63, 3.8) is 0 Å². The van der Waals surface area contributed by atoms with Crippen molar-refractivity contribution in [3.05, 3.63) is 29.3 Å². The number of nitrogens with one attached hydrogen (secondary N) is 1. The van der Waals surface area contributed by atoms with Crippen LogP contribution in [0.4, 0.5) is 0 Å². The summed E-state index contributed by atoms with van der Waals surface area (Å²) in [5.74, 6) is 2.06. The van der Waals surface area contributed by atoms with Crippen LogP contribution < -0.4 is 10.1 Å². The number of aryl methyl sites for hydroxylation is 1. The number of carbonyl (C=O) groups excluding carboxylic acids is 1. The van der Waals surface area contributed by atoms with E-state index in [0.29, 0.717) is 6.04 Å². The lowest BCUT2D eigenvalue weighted by atomic mass is 9.92. The fourth-order valence-corrected chi connectivity index (χ4v) is 4.14. The monoisotopic (exact) mass is 342 g/mol. The molecule has 0 aromatic heterocycles. The average molecular weight is 342 g/mol. The number of rotatable bonds is 6. The number of amides is 1. The van der Waals surface area contributed by atoms with Crippen LogP contribution in [0.25, 0.3) is 0 Å². The Kier molecular flexibility index (Phi) is 4.48. The number of piperidine rings is 1. The van der Waals surface area contributed by atoms with E-state index in [1.165, 1.54) is 19.4 Å². The molecule has 25 heavy (non-hydrogen) atoms. The van der Waals surface area contributed by atoms with Gasteiger partial charge in [-0.25, -0.2) is 0 Å². The van der Waals surface area contributed by atoms with Gasteiger partial charge in [-0.15, -0.1) is 0 Å². The Bertz CT molecular complexity index is 641. The van der Waals surface area contributed by atoms with Crippen molar-refractivity contribution in [3.8, 4) is 5.75 Å². The molecule has 2 saturated carbocycles. The zero-order valence-corrected chi connectivity index (χ0v) is 15.5. The summed E-state index contributed by atoms with van der Waals surface area (Å²) in [6, 6.07) is 6.56. The second-order valence-electron chi connectivity index (χ2n) is 8.26. The van der Waals surface area contributed by atoms with E-state index in [2.05, 4.69) is 28.4 Å². The zero-order valence-electron chi connectivity index (χ0n) is 15.5. The highest BCUT2D eigenvalue weighted by Gasteiger charge is 2.51. The first kappa shape index (κ1) is 16.9. The third kappa shape index (κ3) is 3.55. The van der Waals surface area contributed by atoms with Gasteiger partial charge >= 0.3 is 0 Å². The van der Waals surface area contributed by atoms with Crippen molar-refractivity contribution in [1.82, 2.24) is 10.2 Å². The molecule has 3 fully saturated rings. The number of methoxy groups -OCH3 is 1. The van der Waals surface area contributed by atoms with E-state index in [-0.39, 0.29) is 11.3 Å². The Morgan fingerprint density at radius 2 is 1.96 bits per heavy atom. The number of nitrogens with zero attached hydrogens (tertiary/aromatic N) is 1. The highest BCUT2D eigenvalue weighted by molar-refractivity contribution is 5.91. The SMILES string of the molecule is COc1cc(C2(C(=O)NC3CCN(CC4CC4)CC3)CC2)ccc1C. The second kappa shape index (κ2) is 6.64. The van der Waals surface area contributed by atoms with E-state index in [1.54, 1.807) is 7.11 Å². The molecule has 1 aromatic carbocycles. The first-order valence-corrected chi connectivity index (χ1v) is 9.79. The van der Waals surface area contributed by atoms with Gasteiger partial charge in [-0.05, 0) is 68.6 Å². The summed E-state index contributed by atoms with van der Waals surface area (Å²) in [4.78, 5) is 15.6.